The van der Waals surface area contributed by atoms with E-state index < -0.39 is 30.1 Å². The fraction of sp³-hybridized carbons (Fsp3) is 0.250. The summed E-state index contributed by atoms with van der Waals surface area (Å²) in [6.45, 7) is 6.90. The summed E-state index contributed by atoms with van der Waals surface area (Å²) in [7, 11) is -6.58. The highest BCUT2D eigenvalue weighted by molar-refractivity contribution is 7.85. The monoisotopic (exact) mass is 664 g/mol. The molecule has 0 radical (unpaired) electrons. The van der Waals surface area contributed by atoms with Crippen LogP contribution in [0.2, 0.25) is 5.04 Å². The Balaban J connectivity index is 1.58. The van der Waals surface area contributed by atoms with Gasteiger partial charge >= 0.3 is 0 Å². The number of hydrogen-bond acceptors (Lipinski definition) is 5. The fourth-order valence-electron chi connectivity index (χ4n) is 6.45. The normalized spacial score (nSPS) is 13.3. The van der Waals surface area contributed by atoms with Crippen molar-refractivity contribution in [2.75, 3.05) is 19.5 Å². The van der Waals surface area contributed by atoms with E-state index in [9.17, 15) is 8.42 Å². The van der Waals surface area contributed by atoms with Crippen LogP contribution in [0.15, 0.2) is 152 Å². The summed E-state index contributed by atoms with van der Waals surface area (Å²) >= 11 is 0. The predicted molar refractivity (Wildman–Crippen MR) is 193 cm³/mol. The largest absolute Gasteiger partial charge is 0.407 e. The molecule has 5 rings (SSSR count). The molecule has 0 saturated heterocycles. The number of hydrogen-bond donors (Lipinski definition) is 0. The van der Waals surface area contributed by atoms with E-state index in [1.807, 2.05) is 103 Å². The van der Waals surface area contributed by atoms with E-state index in [-0.39, 0.29) is 11.6 Å². The maximum absolute atomic E-state index is 12.3. The minimum Gasteiger partial charge on any atom is -0.407 e. The van der Waals surface area contributed by atoms with Crippen molar-refractivity contribution in [3.05, 3.63) is 168 Å². The molecule has 0 unspecified atom stereocenters. The van der Waals surface area contributed by atoms with Gasteiger partial charge in [0.25, 0.3) is 18.4 Å². The molecule has 0 aliphatic carbocycles. The molecule has 0 bridgehead atoms. The maximum Gasteiger partial charge on any atom is 0.264 e. The molecule has 0 N–H and O–H groups in total. The van der Waals surface area contributed by atoms with E-state index in [0.717, 1.165) is 22.9 Å². The number of benzene rings is 5. The second-order valence-electron chi connectivity index (χ2n) is 12.8. The molecule has 0 amide bonds. The predicted octanol–water partition coefficient (Wildman–Crippen LogP) is 7.31. The Labute approximate surface area is 281 Å². The molecule has 0 spiro atoms. The maximum atomic E-state index is 12.3. The van der Waals surface area contributed by atoms with E-state index in [1.54, 1.807) is 0 Å². The van der Waals surface area contributed by atoms with Gasteiger partial charge in [-0.2, -0.15) is 8.42 Å². The molecule has 1 atom stereocenters. The Hall–Kier alpha value is -3.85. The molecule has 5 aromatic rings. The SMILES string of the molecule is CC(C)(C)[Si](OCC[C@@H](COS(C)(=O)=O)OC(c1ccccc1)(c1ccccc1)c1ccccc1)(c1ccccc1)c1ccccc1. The fourth-order valence-corrected chi connectivity index (χ4v) is 11.4. The van der Waals surface area contributed by atoms with Gasteiger partial charge in [0.15, 0.2) is 0 Å². The second kappa shape index (κ2) is 14.9. The van der Waals surface area contributed by atoms with E-state index >= 15 is 0 Å². The number of ether oxygens (including phenoxy) is 1. The summed E-state index contributed by atoms with van der Waals surface area (Å²) in [6.07, 6.45) is 0.819. The molecule has 0 fully saturated rings. The summed E-state index contributed by atoms with van der Waals surface area (Å²) < 4.78 is 44.6. The van der Waals surface area contributed by atoms with Crippen molar-refractivity contribution in [3.63, 3.8) is 0 Å². The molecular weight excluding hydrogens is 621 g/mol. The topological polar surface area (TPSA) is 61.8 Å². The molecule has 0 aromatic heterocycles. The van der Waals surface area contributed by atoms with Crippen LogP contribution in [0.3, 0.4) is 0 Å². The van der Waals surface area contributed by atoms with E-state index in [0.29, 0.717) is 13.0 Å². The Kier molecular flexibility index (Phi) is 10.9. The zero-order valence-corrected chi connectivity index (χ0v) is 29.4. The summed E-state index contributed by atoms with van der Waals surface area (Å²) in [5.41, 5.74) is 1.73. The first kappa shape index (κ1) is 34.5. The molecular formula is C40H44O5SSi. The molecule has 5 aromatic carbocycles. The highest BCUT2D eigenvalue weighted by atomic mass is 32.2. The van der Waals surface area contributed by atoms with Gasteiger partial charge in [0.1, 0.15) is 5.60 Å². The van der Waals surface area contributed by atoms with Crippen LogP contribution in [-0.2, 0) is 29.1 Å². The van der Waals surface area contributed by atoms with Gasteiger partial charge in [0.05, 0.1) is 19.0 Å². The lowest BCUT2D eigenvalue weighted by atomic mass is 9.80. The standard InChI is InChI=1S/C40H44O5SSi/c1-39(2,3)47(37-26-16-8-17-27-37,38-28-18-9-19-29-38)44-31-30-36(32-43-46(4,41)42)45-40(33-20-10-5-11-21-33,34-22-12-6-13-23-34)35-24-14-7-15-25-35/h5-29,36H,30-32H2,1-4H3/t36-/m0/s1. The van der Waals surface area contributed by atoms with Gasteiger partial charge in [0, 0.05) is 6.61 Å². The lowest BCUT2D eigenvalue weighted by Crippen LogP contribution is -2.66. The molecule has 7 heteroatoms. The zero-order chi connectivity index (χ0) is 33.4. The molecule has 0 saturated carbocycles. The van der Waals surface area contributed by atoms with Gasteiger partial charge in [-0.25, -0.2) is 0 Å². The highest BCUT2D eigenvalue weighted by Gasteiger charge is 2.50. The molecule has 5 nitrogen and oxygen atoms in total. The minimum absolute atomic E-state index is 0.156. The van der Waals surface area contributed by atoms with Crippen molar-refractivity contribution in [3.8, 4) is 0 Å². The van der Waals surface area contributed by atoms with Crippen molar-refractivity contribution in [1.82, 2.24) is 0 Å². The molecule has 0 aliphatic rings. The Morgan fingerprint density at radius 1 is 0.596 bits per heavy atom. The first-order valence-corrected chi connectivity index (χ1v) is 19.7. The van der Waals surface area contributed by atoms with Crippen molar-refractivity contribution in [2.24, 2.45) is 0 Å². The van der Waals surface area contributed by atoms with Crippen molar-refractivity contribution < 1.29 is 21.8 Å². The molecule has 244 valence electrons. The lowest BCUT2D eigenvalue weighted by Gasteiger charge is -2.43. The van der Waals surface area contributed by atoms with Crippen LogP contribution in [-0.4, -0.2) is 42.3 Å². The van der Waals surface area contributed by atoms with Gasteiger partial charge in [-0.3, -0.25) is 4.18 Å². The molecule has 47 heavy (non-hydrogen) atoms. The van der Waals surface area contributed by atoms with E-state index in [4.69, 9.17) is 13.3 Å². The Morgan fingerprint density at radius 2 is 0.957 bits per heavy atom. The van der Waals surface area contributed by atoms with Crippen LogP contribution in [0.25, 0.3) is 0 Å². The van der Waals surface area contributed by atoms with Crippen LogP contribution >= 0.6 is 0 Å². The van der Waals surface area contributed by atoms with Gasteiger partial charge in [-0.15, -0.1) is 0 Å². The van der Waals surface area contributed by atoms with E-state index in [1.165, 1.54) is 10.4 Å². The van der Waals surface area contributed by atoms with E-state index in [2.05, 4.69) is 69.3 Å². The molecule has 0 aliphatic heterocycles. The third-order valence-corrected chi connectivity index (χ3v) is 14.1. The highest BCUT2D eigenvalue weighted by Crippen LogP contribution is 2.42. The first-order chi connectivity index (χ1) is 22.6. The summed E-state index contributed by atoms with van der Waals surface area (Å²) in [5, 5.41) is 2.14. The smallest absolute Gasteiger partial charge is 0.264 e. The van der Waals surface area contributed by atoms with Crippen molar-refractivity contribution in [2.45, 2.75) is 43.9 Å². The van der Waals surface area contributed by atoms with Gasteiger partial charge in [-0.05, 0) is 38.5 Å². The van der Waals surface area contributed by atoms with Gasteiger partial charge in [-0.1, -0.05) is 172 Å². The average molecular weight is 665 g/mol. The first-order valence-electron chi connectivity index (χ1n) is 16.0. The zero-order valence-electron chi connectivity index (χ0n) is 27.6. The summed E-state index contributed by atoms with van der Waals surface area (Å²) in [5.74, 6) is 0. The third kappa shape index (κ3) is 7.83. The van der Waals surface area contributed by atoms with Crippen LogP contribution in [0.5, 0.6) is 0 Å². The van der Waals surface area contributed by atoms with Crippen LogP contribution in [0, 0.1) is 0 Å². The quantitative estimate of drug-likeness (QED) is 0.0708. The average Bonchev–Trinajstić information content (AvgIpc) is 3.09. The van der Waals surface area contributed by atoms with Crippen LogP contribution in [0.4, 0.5) is 0 Å². The molecule has 0 heterocycles. The van der Waals surface area contributed by atoms with Crippen molar-refractivity contribution in [1.29, 1.82) is 0 Å². The lowest BCUT2D eigenvalue weighted by molar-refractivity contribution is -0.0717. The van der Waals surface area contributed by atoms with Crippen LogP contribution in [0.1, 0.15) is 43.9 Å². The summed E-state index contributed by atoms with van der Waals surface area (Å²) in [4.78, 5) is 0. The van der Waals surface area contributed by atoms with Crippen LogP contribution < -0.4 is 10.4 Å². The Morgan fingerprint density at radius 3 is 1.30 bits per heavy atom. The van der Waals surface area contributed by atoms with Gasteiger partial charge < -0.3 is 9.16 Å². The number of rotatable bonds is 14. The van der Waals surface area contributed by atoms with Crippen molar-refractivity contribution >= 4 is 28.8 Å². The minimum atomic E-state index is -3.74. The summed E-state index contributed by atoms with van der Waals surface area (Å²) in [6, 6.07) is 51.2. The Bertz CT molecular complexity index is 1640. The third-order valence-electron chi connectivity index (χ3n) is 8.53. The second-order valence-corrected chi connectivity index (χ2v) is 18.8. The van der Waals surface area contributed by atoms with Gasteiger partial charge in [0.2, 0.25) is 0 Å².